The summed E-state index contributed by atoms with van der Waals surface area (Å²) in [5.41, 5.74) is 1.05. The van der Waals surface area contributed by atoms with E-state index in [9.17, 15) is 18.4 Å². The van der Waals surface area contributed by atoms with Gasteiger partial charge in [0.25, 0.3) is 11.5 Å². The van der Waals surface area contributed by atoms with Crippen molar-refractivity contribution in [1.82, 2.24) is 14.7 Å². The molecule has 1 spiro atoms. The predicted octanol–water partition coefficient (Wildman–Crippen LogP) is 4.14. The van der Waals surface area contributed by atoms with Crippen molar-refractivity contribution in [2.24, 2.45) is 5.41 Å². The molecule has 2 aliphatic carbocycles. The van der Waals surface area contributed by atoms with Gasteiger partial charge in [0.15, 0.2) is 0 Å². The molecule has 3 aromatic rings. The van der Waals surface area contributed by atoms with E-state index in [-0.39, 0.29) is 34.8 Å². The fourth-order valence-corrected chi connectivity index (χ4v) is 5.16. The maximum Gasteiger partial charge on any atom is 0.264 e. The van der Waals surface area contributed by atoms with Gasteiger partial charge in [0.05, 0.1) is 23.4 Å². The largest absolute Gasteiger partial charge is 0.489 e. The van der Waals surface area contributed by atoms with Crippen LogP contribution in [0.1, 0.15) is 42.1 Å². The number of hydrogen-bond donors (Lipinski definition) is 1. The first kappa shape index (κ1) is 20.2. The number of carbonyl (C=O) groups is 1. The maximum atomic E-state index is 14.3. The van der Waals surface area contributed by atoms with Crippen molar-refractivity contribution in [1.29, 1.82) is 0 Å². The Kier molecular flexibility index (Phi) is 4.47. The number of hydrogen-bond acceptors (Lipinski definition) is 3. The number of halogens is 2. The number of ether oxygens (including phenoxy) is 1. The second-order valence-corrected chi connectivity index (χ2v) is 9.54. The number of aromatic amines is 1. The van der Waals surface area contributed by atoms with Crippen LogP contribution in [0.25, 0.3) is 11.3 Å². The summed E-state index contributed by atoms with van der Waals surface area (Å²) in [6, 6.07) is 11.9. The molecule has 0 bridgehead atoms. The third-order valence-electron chi connectivity index (χ3n) is 6.94. The minimum absolute atomic E-state index is 0.00840. The van der Waals surface area contributed by atoms with Crippen molar-refractivity contribution >= 4 is 5.91 Å². The van der Waals surface area contributed by atoms with E-state index in [4.69, 9.17) is 4.74 Å². The Bertz CT molecular complexity index is 1300. The average molecular weight is 451 g/mol. The number of rotatable bonds is 5. The summed E-state index contributed by atoms with van der Waals surface area (Å²) in [6.07, 6.45) is 3.50. The van der Waals surface area contributed by atoms with Crippen molar-refractivity contribution in [3.63, 3.8) is 0 Å². The van der Waals surface area contributed by atoms with Gasteiger partial charge in [-0.1, -0.05) is 12.1 Å². The lowest BCUT2D eigenvalue weighted by Gasteiger charge is -2.59. The third-order valence-corrected chi connectivity index (χ3v) is 6.94. The smallest absolute Gasteiger partial charge is 0.264 e. The standard InChI is InChI=1S/C25H23F2N3O3/c26-15-5-8-19(22(9-15)33-17-6-7-17)24(32)29-13-25(14-29)11-16(12-25)30-21(10-23(31)28-30)18-3-1-2-4-20(18)27/h1-5,8-10,16-17H,6-7,11-14H2,(H,28,31). The number of nitrogens with one attached hydrogen (secondary N) is 1. The van der Waals surface area contributed by atoms with Gasteiger partial charge in [0.2, 0.25) is 0 Å². The predicted molar refractivity (Wildman–Crippen MR) is 117 cm³/mol. The molecule has 6 rings (SSSR count). The molecule has 1 aliphatic heterocycles. The van der Waals surface area contributed by atoms with Crippen molar-refractivity contribution < 1.29 is 18.3 Å². The van der Waals surface area contributed by atoms with Crippen LogP contribution in [0.5, 0.6) is 5.75 Å². The normalized spacial score (nSPS) is 19.3. The summed E-state index contributed by atoms with van der Waals surface area (Å²) in [6.45, 7) is 1.20. The van der Waals surface area contributed by atoms with Gasteiger partial charge in [-0.3, -0.25) is 19.4 Å². The molecule has 3 aliphatic rings. The van der Waals surface area contributed by atoms with Gasteiger partial charge in [-0.2, -0.15) is 0 Å². The first-order chi connectivity index (χ1) is 15.9. The summed E-state index contributed by atoms with van der Waals surface area (Å²) in [5.74, 6) is -0.630. The molecule has 1 amide bonds. The molecule has 6 nitrogen and oxygen atoms in total. The van der Waals surface area contributed by atoms with Crippen LogP contribution in [-0.2, 0) is 0 Å². The van der Waals surface area contributed by atoms with E-state index < -0.39 is 5.82 Å². The maximum absolute atomic E-state index is 14.3. The van der Waals surface area contributed by atoms with Gasteiger partial charge < -0.3 is 9.64 Å². The molecular formula is C25H23F2N3O3. The Morgan fingerprint density at radius 2 is 1.82 bits per heavy atom. The zero-order valence-electron chi connectivity index (χ0n) is 17.9. The van der Waals surface area contributed by atoms with Gasteiger partial charge in [0.1, 0.15) is 17.4 Å². The Morgan fingerprint density at radius 1 is 1.06 bits per heavy atom. The van der Waals surface area contributed by atoms with E-state index in [1.807, 2.05) is 0 Å². The Morgan fingerprint density at radius 3 is 2.55 bits per heavy atom. The molecule has 170 valence electrons. The highest BCUT2D eigenvalue weighted by atomic mass is 19.1. The lowest BCUT2D eigenvalue weighted by molar-refractivity contribution is -0.0736. The number of nitrogens with zero attached hydrogens (tertiary/aromatic N) is 2. The summed E-state index contributed by atoms with van der Waals surface area (Å²) >= 11 is 0. The van der Waals surface area contributed by atoms with E-state index in [1.54, 1.807) is 27.8 Å². The monoisotopic (exact) mass is 451 g/mol. The number of H-pyrrole nitrogens is 1. The minimum Gasteiger partial charge on any atom is -0.489 e. The Hall–Kier alpha value is -3.42. The second-order valence-electron chi connectivity index (χ2n) is 9.54. The lowest BCUT2D eigenvalue weighted by atomic mass is 9.60. The Labute approximate surface area is 188 Å². The van der Waals surface area contributed by atoms with E-state index >= 15 is 0 Å². The van der Waals surface area contributed by atoms with Crippen LogP contribution >= 0.6 is 0 Å². The molecule has 33 heavy (non-hydrogen) atoms. The highest BCUT2D eigenvalue weighted by molar-refractivity contribution is 5.97. The third kappa shape index (κ3) is 3.53. The van der Waals surface area contributed by atoms with Crippen LogP contribution < -0.4 is 10.3 Å². The molecule has 1 saturated heterocycles. The van der Waals surface area contributed by atoms with E-state index in [2.05, 4.69) is 5.10 Å². The van der Waals surface area contributed by atoms with E-state index in [1.165, 1.54) is 30.3 Å². The van der Waals surface area contributed by atoms with Crippen molar-refractivity contribution in [3.05, 3.63) is 76.1 Å². The molecule has 8 heteroatoms. The van der Waals surface area contributed by atoms with Crippen LogP contribution in [-0.4, -0.2) is 39.8 Å². The summed E-state index contributed by atoms with van der Waals surface area (Å²) in [7, 11) is 0. The molecule has 2 aromatic carbocycles. The van der Waals surface area contributed by atoms with Crippen LogP contribution in [0.2, 0.25) is 0 Å². The number of amides is 1. The van der Waals surface area contributed by atoms with Crippen molar-refractivity contribution in [3.8, 4) is 17.0 Å². The van der Waals surface area contributed by atoms with Crippen LogP contribution in [0.15, 0.2) is 53.3 Å². The molecule has 2 saturated carbocycles. The van der Waals surface area contributed by atoms with Crippen LogP contribution in [0, 0.1) is 17.0 Å². The molecule has 2 heterocycles. The lowest BCUT2D eigenvalue weighted by Crippen LogP contribution is -2.64. The number of aromatic nitrogens is 2. The zero-order chi connectivity index (χ0) is 22.7. The average Bonchev–Trinajstić information content (AvgIpc) is 3.46. The topological polar surface area (TPSA) is 67.3 Å². The van der Waals surface area contributed by atoms with Gasteiger partial charge in [-0.15, -0.1) is 0 Å². The summed E-state index contributed by atoms with van der Waals surface area (Å²) < 4.78 is 35.5. The molecular weight excluding hydrogens is 428 g/mol. The Balaban J connectivity index is 1.15. The number of benzene rings is 2. The first-order valence-electron chi connectivity index (χ1n) is 11.2. The van der Waals surface area contributed by atoms with Gasteiger partial charge in [0, 0.05) is 36.2 Å². The van der Waals surface area contributed by atoms with Crippen LogP contribution in [0.4, 0.5) is 8.78 Å². The SMILES string of the molecule is O=C(c1ccc(F)cc1OC1CC1)N1CC2(CC(n3[nH]c(=O)cc3-c3ccccc3F)C2)C1. The highest BCUT2D eigenvalue weighted by Crippen LogP contribution is 2.55. The second kappa shape index (κ2) is 7.30. The van der Waals surface area contributed by atoms with Crippen LogP contribution in [0.3, 0.4) is 0 Å². The fourth-order valence-electron chi connectivity index (χ4n) is 5.16. The van der Waals surface area contributed by atoms with E-state index in [0.29, 0.717) is 35.7 Å². The van der Waals surface area contributed by atoms with E-state index in [0.717, 1.165) is 25.7 Å². The number of carbonyl (C=O) groups excluding carboxylic acids is 1. The van der Waals surface area contributed by atoms with Gasteiger partial charge in [-0.05, 0) is 49.9 Å². The highest BCUT2D eigenvalue weighted by Gasteiger charge is 2.55. The summed E-state index contributed by atoms with van der Waals surface area (Å²) in [5, 5.41) is 2.82. The molecule has 3 fully saturated rings. The van der Waals surface area contributed by atoms with Crippen molar-refractivity contribution in [2.45, 2.75) is 37.8 Å². The number of likely N-dealkylation sites (tertiary alicyclic amines) is 1. The van der Waals surface area contributed by atoms with Crippen molar-refractivity contribution in [2.75, 3.05) is 13.1 Å². The molecule has 0 radical (unpaired) electrons. The van der Waals surface area contributed by atoms with Gasteiger partial charge in [-0.25, -0.2) is 8.78 Å². The van der Waals surface area contributed by atoms with Gasteiger partial charge >= 0.3 is 0 Å². The molecule has 1 N–H and O–H groups in total. The zero-order valence-corrected chi connectivity index (χ0v) is 17.9. The summed E-state index contributed by atoms with van der Waals surface area (Å²) in [4.78, 5) is 26.8. The first-order valence-corrected chi connectivity index (χ1v) is 11.2. The molecule has 0 unspecified atom stereocenters. The quantitative estimate of drug-likeness (QED) is 0.634. The molecule has 1 aromatic heterocycles. The molecule has 0 atom stereocenters. The minimum atomic E-state index is -0.421. The fraction of sp³-hybridized carbons (Fsp3) is 0.360.